The van der Waals surface area contributed by atoms with Crippen molar-refractivity contribution in [2.45, 2.75) is 19.6 Å². The lowest BCUT2D eigenvalue weighted by molar-refractivity contribution is -0.184. The first-order valence-corrected chi connectivity index (χ1v) is 7.42. The van der Waals surface area contributed by atoms with Crippen LogP contribution in [0.25, 0.3) is 0 Å². The van der Waals surface area contributed by atoms with Crippen LogP contribution in [0.4, 0.5) is 0 Å². The van der Waals surface area contributed by atoms with Crippen LogP contribution in [-0.4, -0.2) is 22.9 Å². The van der Waals surface area contributed by atoms with E-state index in [0.29, 0.717) is 12.4 Å². The molecule has 0 saturated carbocycles. The molecule has 6 heteroatoms. The number of hydrogen-bond donors (Lipinski definition) is 0. The molecule has 1 aliphatic heterocycles. The highest BCUT2D eigenvalue weighted by Crippen LogP contribution is 2.20. The largest absolute Gasteiger partial charge is 0.381 e. The second kappa shape index (κ2) is 6.07. The summed E-state index contributed by atoms with van der Waals surface area (Å²) in [7, 11) is 0. The van der Waals surface area contributed by atoms with E-state index in [1.54, 1.807) is 6.92 Å². The van der Waals surface area contributed by atoms with Crippen molar-refractivity contribution in [2.75, 3.05) is 0 Å². The lowest BCUT2D eigenvalue weighted by Gasteiger charge is -2.28. The molecule has 2 heterocycles. The molecule has 1 amide bonds. The SMILES string of the molecule is CC1ON=C(c2cccs2)N(OCc2ccccc2)C1=O. The molecule has 108 valence electrons. The molecule has 1 atom stereocenters. The summed E-state index contributed by atoms with van der Waals surface area (Å²) in [5, 5.41) is 7.15. The monoisotopic (exact) mass is 302 g/mol. The molecule has 0 fully saturated rings. The van der Waals surface area contributed by atoms with Crippen LogP contribution < -0.4 is 0 Å². The van der Waals surface area contributed by atoms with E-state index in [9.17, 15) is 4.79 Å². The molecule has 1 aliphatic rings. The van der Waals surface area contributed by atoms with E-state index in [2.05, 4.69) is 5.16 Å². The summed E-state index contributed by atoms with van der Waals surface area (Å²) in [6.07, 6.45) is -0.649. The third-order valence-corrected chi connectivity index (χ3v) is 3.85. The molecule has 5 nitrogen and oxygen atoms in total. The molecular formula is C15H14N2O3S. The predicted molar refractivity (Wildman–Crippen MR) is 79.5 cm³/mol. The van der Waals surface area contributed by atoms with Gasteiger partial charge in [-0.25, -0.2) is 0 Å². The Morgan fingerprint density at radius 2 is 2.10 bits per heavy atom. The zero-order chi connectivity index (χ0) is 14.7. The van der Waals surface area contributed by atoms with E-state index >= 15 is 0 Å². The van der Waals surface area contributed by atoms with E-state index in [0.717, 1.165) is 10.4 Å². The van der Waals surface area contributed by atoms with Crippen molar-refractivity contribution in [3.05, 3.63) is 58.3 Å². The molecule has 3 rings (SSSR count). The maximum atomic E-state index is 12.3. The molecule has 0 saturated heterocycles. The van der Waals surface area contributed by atoms with E-state index in [1.807, 2.05) is 47.8 Å². The number of benzene rings is 1. The van der Waals surface area contributed by atoms with Crippen molar-refractivity contribution in [2.24, 2.45) is 5.16 Å². The van der Waals surface area contributed by atoms with Crippen LogP contribution in [0.1, 0.15) is 17.4 Å². The molecule has 1 aromatic heterocycles. The van der Waals surface area contributed by atoms with Gasteiger partial charge in [0, 0.05) is 0 Å². The minimum absolute atomic E-state index is 0.260. The minimum Gasteiger partial charge on any atom is -0.381 e. The van der Waals surface area contributed by atoms with Crippen molar-refractivity contribution in [3.8, 4) is 0 Å². The molecule has 1 aromatic carbocycles. The number of carbonyl (C=O) groups excluding carboxylic acids is 1. The Bertz CT molecular complexity index is 640. The third kappa shape index (κ3) is 2.96. The van der Waals surface area contributed by atoms with Crippen LogP contribution in [0, 0.1) is 0 Å². The van der Waals surface area contributed by atoms with Crippen LogP contribution in [0.5, 0.6) is 0 Å². The van der Waals surface area contributed by atoms with E-state index in [1.165, 1.54) is 16.4 Å². The van der Waals surface area contributed by atoms with Gasteiger partial charge in [0.05, 0.1) is 4.88 Å². The van der Waals surface area contributed by atoms with Gasteiger partial charge in [-0.2, -0.15) is 5.06 Å². The Balaban J connectivity index is 1.80. The van der Waals surface area contributed by atoms with Gasteiger partial charge in [0.2, 0.25) is 11.9 Å². The fourth-order valence-electron chi connectivity index (χ4n) is 1.87. The van der Waals surface area contributed by atoms with Gasteiger partial charge in [-0.15, -0.1) is 11.3 Å². The number of carbonyl (C=O) groups is 1. The second-order valence-electron chi connectivity index (χ2n) is 4.53. The zero-order valence-electron chi connectivity index (χ0n) is 11.4. The summed E-state index contributed by atoms with van der Waals surface area (Å²) in [5.41, 5.74) is 0.981. The highest BCUT2D eigenvalue weighted by molar-refractivity contribution is 7.12. The number of amides is 1. The molecule has 0 aliphatic carbocycles. The number of hydrogen-bond acceptors (Lipinski definition) is 5. The standard InChI is InChI=1S/C15H14N2O3S/c1-11-15(18)17(19-10-12-6-3-2-4-7-12)14(16-20-11)13-8-5-9-21-13/h2-9,11H,10H2,1H3. The topological polar surface area (TPSA) is 51.1 Å². The Kier molecular flexibility index (Phi) is 3.98. The van der Waals surface area contributed by atoms with Crippen LogP contribution in [-0.2, 0) is 21.1 Å². The van der Waals surface area contributed by atoms with Crippen molar-refractivity contribution in [1.82, 2.24) is 5.06 Å². The number of oxime groups is 1. The van der Waals surface area contributed by atoms with Crippen molar-refractivity contribution >= 4 is 23.1 Å². The average molecular weight is 302 g/mol. The molecule has 21 heavy (non-hydrogen) atoms. The summed E-state index contributed by atoms with van der Waals surface area (Å²) in [6, 6.07) is 13.4. The van der Waals surface area contributed by atoms with Gasteiger partial charge in [-0.1, -0.05) is 41.6 Å². The van der Waals surface area contributed by atoms with Gasteiger partial charge in [0.15, 0.2) is 0 Å². The van der Waals surface area contributed by atoms with Gasteiger partial charge in [-0.3, -0.25) is 9.63 Å². The summed E-state index contributed by atoms with van der Waals surface area (Å²) in [5.74, 6) is 0.133. The van der Waals surface area contributed by atoms with Crippen LogP contribution in [0.15, 0.2) is 53.0 Å². The van der Waals surface area contributed by atoms with E-state index in [4.69, 9.17) is 9.68 Å². The van der Waals surface area contributed by atoms with Crippen LogP contribution in [0.2, 0.25) is 0 Å². The normalized spacial score (nSPS) is 18.3. The molecule has 0 N–H and O–H groups in total. The fourth-order valence-corrected chi connectivity index (χ4v) is 2.56. The maximum Gasteiger partial charge on any atom is 0.296 e. The Morgan fingerprint density at radius 1 is 1.29 bits per heavy atom. The van der Waals surface area contributed by atoms with E-state index in [-0.39, 0.29) is 5.91 Å². The van der Waals surface area contributed by atoms with Gasteiger partial charge < -0.3 is 4.84 Å². The zero-order valence-corrected chi connectivity index (χ0v) is 12.2. The summed E-state index contributed by atoms with van der Waals surface area (Å²) < 4.78 is 0. The molecule has 1 unspecified atom stereocenters. The lowest BCUT2D eigenvalue weighted by Crippen LogP contribution is -2.46. The van der Waals surface area contributed by atoms with Gasteiger partial charge in [0.25, 0.3) is 5.91 Å². The summed E-state index contributed by atoms with van der Waals surface area (Å²) >= 11 is 1.47. The number of nitrogens with zero attached hydrogens (tertiary/aromatic N) is 2. The second-order valence-corrected chi connectivity index (χ2v) is 5.48. The maximum absolute atomic E-state index is 12.3. The Morgan fingerprint density at radius 3 is 2.81 bits per heavy atom. The quantitative estimate of drug-likeness (QED) is 0.872. The van der Waals surface area contributed by atoms with Crippen molar-refractivity contribution in [1.29, 1.82) is 0 Å². The molecule has 2 aromatic rings. The molecule has 0 bridgehead atoms. The number of amidine groups is 1. The third-order valence-electron chi connectivity index (χ3n) is 2.98. The van der Waals surface area contributed by atoms with Gasteiger partial charge in [-0.05, 0) is 23.9 Å². The fraction of sp³-hybridized carbons (Fsp3) is 0.200. The smallest absolute Gasteiger partial charge is 0.296 e. The molecule has 0 radical (unpaired) electrons. The number of hydroxylamine groups is 2. The first kappa shape index (κ1) is 13.8. The lowest BCUT2D eigenvalue weighted by atomic mass is 10.2. The first-order chi connectivity index (χ1) is 10.3. The average Bonchev–Trinajstić information content (AvgIpc) is 3.04. The van der Waals surface area contributed by atoms with Gasteiger partial charge >= 0.3 is 0 Å². The molecular weight excluding hydrogens is 288 g/mol. The van der Waals surface area contributed by atoms with Gasteiger partial charge in [0.1, 0.15) is 6.61 Å². The van der Waals surface area contributed by atoms with Crippen LogP contribution in [0.3, 0.4) is 0 Å². The number of thiophene rings is 1. The predicted octanol–water partition coefficient (Wildman–Crippen LogP) is 2.79. The van der Waals surface area contributed by atoms with Crippen molar-refractivity contribution < 1.29 is 14.5 Å². The van der Waals surface area contributed by atoms with E-state index < -0.39 is 6.10 Å². The number of rotatable bonds is 4. The Labute approximate surface area is 126 Å². The minimum atomic E-state index is -0.649. The highest BCUT2D eigenvalue weighted by atomic mass is 32.1. The molecule has 0 spiro atoms. The highest BCUT2D eigenvalue weighted by Gasteiger charge is 2.33. The summed E-state index contributed by atoms with van der Waals surface area (Å²) in [4.78, 5) is 23.9. The Hall–Kier alpha value is -2.18. The van der Waals surface area contributed by atoms with Crippen molar-refractivity contribution in [3.63, 3.8) is 0 Å². The summed E-state index contributed by atoms with van der Waals surface area (Å²) in [6.45, 7) is 1.94. The first-order valence-electron chi connectivity index (χ1n) is 6.54. The van der Waals surface area contributed by atoms with Crippen LogP contribution >= 0.6 is 11.3 Å².